The number of hydrogen-bond acceptors (Lipinski definition) is 6. The second-order valence-electron chi connectivity index (χ2n) is 5.94. The molecule has 0 saturated heterocycles. The van der Waals surface area contributed by atoms with Crippen molar-refractivity contribution in [2.45, 2.75) is 0 Å². The van der Waals surface area contributed by atoms with E-state index >= 15 is 0 Å². The molecular formula is C20H21AsN2O5S. The average Bonchev–Trinajstić information content (AvgIpc) is 2.66. The number of anilines is 1. The summed E-state index contributed by atoms with van der Waals surface area (Å²) in [6, 6.07) is 10.4. The Bertz CT molecular complexity index is 1050. The van der Waals surface area contributed by atoms with Crippen molar-refractivity contribution in [2.24, 2.45) is 0 Å². The second kappa shape index (κ2) is 10.2. The first-order valence-electron chi connectivity index (χ1n) is 8.42. The van der Waals surface area contributed by atoms with E-state index < -0.39 is 21.6 Å². The van der Waals surface area contributed by atoms with Crippen LogP contribution in [0, 0.1) is 0 Å². The van der Waals surface area contributed by atoms with E-state index in [-0.39, 0.29) is 0 Å². The van der Waals surface area contributed by atoms with Gasteiger partial charge in [-0.15, -0.1) is 0 Å². The van der Waals surface area contributed by atoms with Crippen LogP contribution in [0.1, 0.15) is 11.1 Å². The third-order valence-corrected chi connectivity index (χ3v) is 5.67. The van der Waals surface area contributed by atoms with Crippen molar-refractivity contribution < 1.29 is 22.7 Å². The first kappa shape index (κ1) is 22.6. The predicted molar refractivity (Wildman–Crippen MR) is 116 cm³/mol. The molecule has 0 bridgehead atoms. The number of methoxy groups -OCH3 is 2. The monoisotopic (exact) mass is 476 g/mol. The maximum atomic E-state index is 12.1. The first-order valence-corrected chi connectivity index (χ1v) is 11.0. The minimum atomic E-state index is -3.81. The predicted octanol–water partition coefficient (Wildman–Crippen LogP) is 1.25. The van der Waals surface area contributed by atoms with Gasteiger partial charge in [-0.05, 0) is 12.1 Å². The number of benzene rings is 2. The van der Waals surface area contributed by atoms with Crippen LogP contribution < -0.4 is 24.3 Å². The normalized spacial score (nSPS) is 11.7. The quantitative estimate of drug-likeness (QED) is 0.321. The molecule has 0 heterocycles. The van der Waals surface area contributed by atoms with E-state index in [2.05, 4.69) is 21.6 Å². The Morgan fingerprint density at radius 3 is 2.28 bits per heavy atom. The van der Waals surface area contributed by atoms with Crippen molar-refractivity contribution in [3.05, 3.63) is 59.8 Å². The molecule has 0 fully saturated rings. The molecule has 2 radical (unpaired) electrons. The minimum absolute atomic E-state index is 0.425. The van der Waals surface area contributed by atoms with Crippen molar-refractivity contribution in [1.82, 2.24) is 4.72 Å². The molecule has 9 heteroatoms. The fourth-order valence-corrected chi connectivity index (χ4v) is 3.86. The molecule has 0 spiro atoms. The van der Waals surface area contributed by atoms with Gasteiger partial charge in [0.1, 0.15) is 5.75 Å². The maximum absolute atomic E-state index is 12.1. The van der Waals surface area contributed by atoms with Crippen LogP contribution in [0.4, 0.5) is 5.69 Å². The van der Waals surface area contributed by atoms with Gasteiger partial charge in [0.15, 0.2) is 0 Å². The smallest absolute Gasteiger partial charge is 0.0747 e. The summed E-state index contributed by atoms with van der Waals surface area (Å²) < 4.78 is 37.5. The SMILES string of the molecule is COc1ccc(/C=C/C(=O)CS(=O)(=O)N/C=C\c2ccc(OC)c([As])c2)cc1N. The van der Waals surface area contributed by atoms with E-state index in [0.29, 0.717) is 17.0 Å². The summed E-state index contributed by atoms with van der Waals surface area (Å²) in [7, 11) is -0.728. The van der Waals surface area contributed by atoms with Gasteiger partial charge in [-0.2, -0.15) is 0 Å². The number of allylic oxidation sites excluding steroid dienone is 1. The van der Waals surface area contributed by atoms with E-state index in [0.717, 1.165) is 15.7 Å². The topological polar surface area (TPSA) is 108 Å². The fraction of sp³-hybridized carbons (Fsp3) is 0.150. The van der Waals surface area contributed by atoms with Crippen molar-refractivity contribution in [3.63, 3.8) is 0 Å². The molecule has 0 atom stereocenters. The van der Waals surface area contributed by atoms with Crippen LogP contribution in [-0.4, -0.2) is 51.0 Å². The summed E-state index contributed by atoms with van der Waals surface area (Å²) >= 11 is 2.38. The Balaban J connectivity index is 1.95. The van der Waals surface area contributed by atoms with Crippen LogP contribution in [-0.2, 0) is 14.8 Å². The summed E-state index contributed by atoms with van der Waals surface area (Å²) in [4.78, 5) is 12.0. The molecule has 0 aliphatic carbocycles. The molecule has 2 aromatic rings. The van der Waals surface area contributed by atoms with Gasteiger partial charge in [0.2, 0.25) is 0 Å². The molecule has 29 heavy (non-hydrogen) atoms. The van der Waals surface area contributed by atoms with E-state index in [1.807, 2.05) is 6.07 Å². The van der Waals surface area contributed by atoms with Crippen LogP contribution in [0.3, 0.4) is 0 Å². The molecule has 0 aliphatic rings. The molecule has 0 amide bonds. The number of rotatable bonds is 9. The Hall–Kier alpha value is -2.70. The number of ether oxygens (including phenoxy) is 2. The molecule has 0 saturated carbocycles. The minimum Gasteiger partial charge on any atom is -0.396 e. The van der Waals surface area contributed by atoms with Crippen molar-refractivity contribution in [3.8, 4) is 11.5 Å². The molecule has 2 rings (SSSR count). The van der Waals surface area contributed by atoms with Gasteiger partial charge >= 0.3 is 132 Å². The summed E-state index contributed by atoms with van der Waals surface area (Å²) in [5.41, 5.74) is 7.68. The molecule has 0 unspecified atom stereocenters. The maximum Gasteiger partial charge on any atom is 0.0747 e. The first-order chi connectivity index (χ1) is 13.7. The van der Waals surface area contributed by atoms with Crippen molar-refractivity contribution in [1.29, 1.82) is 0 Å². The molecule has 7 nitrogen and oxygen atoms in total. The Labute approximate surface area is 179 Å². The third kappa shape index (κ3) is 7.00. The van der Waals surface area contributed by atoms with E-state index in [4.69, 9.17) is 15.2 Å². The number of nitrogen functional groups attached to an aromatic ring is 1. The zero-order valence-corrected chi connectivity index (χ0v) is 18.6. The molecular weight excluding hydrogens is 455 g/mol. The fourth-order valence-electron chi connectivity index (χ4n) is 2.37. The summed E-state index contributed by atoms with van der Waals surface area (Å²) in [6.07, 6.45) is 5.58. The van der Waals surface area contributed by atoms with E-state index in [1.54, 1.807) is 43.5 Å². The van der Waals surface area contributed by atoms with Gasteiger partial charge in [0.25, 0.3) is 0 Å². The second-order valence-corrected chi connectivity index (χ2v) is 8.71. The molecule has 2 aromatic carbocycles. The van der Waals surface area contributed by atoms with Gasteiger partial charge in [0, 0.05) is 0 Å². The molecule has 152 valence electrons. The molecule has 0 aliphatic heterocycles. The largest absolute Gasteiger partial charge is 0.396 e. The van der Waals surface area contributed by atoms with Crippen LogP contribution in [0.25, 0.3) is 12.2 Å². The van der Waals surface area contributed by atoms with Crippen LogP contribution in [0.15, 0.2) is 48.7 Å². The third-order valence-electron chi connectivity index (χ3n) is 3.77. The van der Waals surface area contributed by atoms with E-state index in [9.17, 15) is 13.2 Å². The number of nitrogens with one attached hydrogen (secondary N) is 1. The number of ketones is 1. The summed E-state index contributed by atoms with van der Waals surface area (Å²) in [5.74, 6) is 0.0208. The molecule has 0 aromatic heterocycles. The molecule has 3 N–H and O–H groups in total. The summed E-state index contributed by atoms with van der Waals surface area (Å²) in [6.45, 7) is 0. The number of carbonyl (C=O) groups is 1. The number of nitrogens with two attached hydrogens (primary N) is 1. The number of carbonyl (C=O) groups excluding carboxylic acids is 1. The van der Waals surface area contributed by atoms with Gasteiger partial charge in [-0.1, -0.05) is 6.07 Å². The summed E-state index contributed by atoms with van der Waals surface area (Å²) in [5, 5.41) is 0. The van der Waals surface area contributed by atoms with E-state index in [1.165, 1.54) is 25.5 Å². The van der Waals surface area contributed by atoms with Crippen molar-refractivity contribution >= 4 is 54.8 Å². The standard InChI is InChI=1S/C20H21AsN2O5S/c1-27-19-7-4-15(11-17(19)21)9-10-23-29(25,26)13-16(24)6-3-14-5-8-20(28-2)18(22)12-14/h3-12,23H,13,22H2,1-2H3/b6-3+,10-9-. The van der Waals surface area contributed by atoms with Crippen LogP contribution >= 0.6 is 0 Å². The number of sulfonamides is 1. The van der Waals surface area contributed by atoms with Gasteiger partial charge in [-0.25, -0.2) is 0 Å². The zero-order valence-electron chi connectivity index (χ0n) is 16.0. The van der Waals surface area contributed by atoms with Gasteiger partial charge in [0.05, 0.1) is 12.8 Å². The zero-order chi connectivity index (χ0) is 21.4. The Kier molecular flexibility index (Phi) is 7.93. The average molecular weight is 476 g/mol. The Morgan fingerprint density at radius 2 is 1.69 bits per heavy atom. The van der Waals surface area contributed by atoms with Crippen LogP contribution in [0.2, 0.25) is 0 Å². The Morgan fingerprint density at radius 1 is 1.07 bits per heavy atom. The number of hydrogen-bond donors (Lipinski definition) is 2. The van der Waals surface area contributed by atoms with Gasteiger partial charge in [-0.3, -0.25) is 0 Å². The van der Waals surface area contributed by atoms with Crippen LogP contribution in [0.5, 0.6) is 11.5 Å². The van der Waals surface area contributed by atoms with Gasteiger partial charge < -0.3 is 10.5 Å². The van der Waals surface area contributed by atoms with Crippen molar-refractivity contribution in [2.75, 3.05) is 25.7 Å².